The van der Waals surface area contributed by atoms with Crippen LogP contribution in [-0.4, -0.2) is 39.5 Å². The smallest absolute Gasteiger partial charge is 0.339 e. The highest BCUT2D eigenvalue weighted by molar-refractivity contribution is 7.99. The number of hydrogen-bond acceptors (Lipinski definition) is 7. The summed E-state index contributed by atoms with van der Waals surface area (Å²) in [5.41, 5.74) is 1.74. The predicted molar refractivity (Wildman–Crippen MR) is 114 cm³/mol. The minimum absolute atomic E-state index is 0.111. The highest BCUT2D eigenvalue weighted by Gasteiger charge is 2.15. The van der Waals surface area contributed by atoms with E-state index in [1.165, 1.54) is 18.9 Å². The molecule has 2 aromatic carbocycles. The van der Waals surface area contributed by atoms with Crippen molar-refractivity contribution in [3.05, 3.63) is 65.5 Å². The molecule has 0 spiro atoms. The maximum absolute atomic E-state index is 12.3. The van der Waals surface area contributed by atoms with Crippen LogP contribution < -0.4 is 10.1 Å². The molecule has 0 unspecified atom stereocenters. The summed E-state index contributed by atoms with van der Waals surface area (Å²) in [5.74, 6) is 0.776. The Bertz CT molecular complexity index is 1050. The van der Waals surface area contributed by atoms with Crippen LogP contribution >= 0.6 is 11.8 Å². The largest absolute Gasteiger partial charge is 0.485 e. The first-order valence-corrected chi connectivity index (χ1v) is 10.1. The standard InChI is InChI=1S/C21H22N4O4S/c1-14-8-4-7-11-17(14)29-12-18-23-24-21(25(18)2)30-13-19(26)22-16-10-6-5-9-15(16)20(27)28-3/h4-11H,12-13H2,1-3H3,(H,22,26). The van der Waals surface area contributed by atoms with Gasteiger partial charge in [0.15, 0.2) is 11.0 Å². The van der Waals surface area contributed by atoms with Crippen molar-refractivity contribution in [2.45, 2.75) is 18.7 Å². The van der Waals surface area contributed by atoms with Gasteiger partial charge in [-0.1, -0.05) is 42.1 Å². The van der Waals surface area contributed by atoms with Crippen molar-refractivity contribution in [2.24, 2.45) is 7.05 Å². The van der Waals surface area contributed by atoms with Crippen LogP contribution in [0.1, 0.15) is 21.7 Å². The van der Waals surface area contributed by atoms with Crippen molar-refractivity contribution in [2.75, 3.05) is 18.2 Å². The van der Waals surface area contributed by atoms with Crippen molar-refractivity contribution >= 4 is 29.3 Å². The number of hydrogen-bond donors (Lipinski definition) is 1. The Hall–Kier alpha value is -3.33. The minimum atomic E-state index is -0.509. The monoisotopic (exact) mass is 426 g/mol. The second-order valence-electron chi connectivity index (χ2n) is 6.39. The van der Waals surface area contributed by atoms with Gasteiger partial charge in [-0.15, -0.1) is 10.2 Å². The molecule has 156 valence electrons. The molecule has 30 heavy (non-hydrogen) atoms. The molecule has 0 saturated heterocycles. The number of aryl methyl sites for hydroxylation is 1. The van der Waals surface area contributed by atoms with Gasteiger partial charge >= 0.3 is 5.97 Å². The van der Waals surface area contributed by atoms with E-state index in [0.717, 1.165) is 11.3 Å². The van der Waals surface area contributed by atoms with Crippen molar-refractivity contribution < 1.29 is 19.1 Å². The van der Waals surface area contributed by atoms with Crippen molar-refractivity contribution in [3.63, 3.8) is 0 Å². The predicted octanol–water partition coefficient (Wildman–Crippen LogP) is 3.22. The SMILES string of the molecule is COC(=O)c1ccccc1NC(=O)CSc1nnc(COc2ccccc2C)n1C. The highest BCUT2D eigenvalue weighted by atomic mass is 32.2. The van der Waals surface area contributed by atoms with E-state index in [2.05, 4.69) is 15.5 Å². The fourth-order valence-electron chi connectivity index (χ4n) is 2.65. The lowest BCUT2D eigenvalue weighted by molar-refractivity contribution is -0.113. The van der Waals surface area contributed by atoms with E-state index in [-0.39, 0.29) is 18.3 Å². The number of benzene rings is 2. The number of carbonyl (C=O) groups excluding carboxylic acids is 2. The zero-order valence-corrected chi connectivity index (χ0v) is 17.7. The number of methoxy groups -OCH3 is 1. The van der Waals surface area contributed by atoms with Gasteiger partial charge < -0.3 is 19.4 Å². The average Bonchev–Trinajstić information content (AvgIpc) is 3.11. The van der Waals surface area contributed by atoms with E-state index in [1.54, 1.807) is 28.8 Å². The molecule has 0 aliphatic heterocycles. The number of rotatable bonds is 8. The number of para-hydroxylation sites is 2. The Balaban J connectivity index is 1.57. The van der Waals surface area contributed by atoms with E-state index < -0.39 is 5.97 Å². The Morgan fingerprint density at radius 2 is 1.83 bits per heavy atom. The summed E-state index contributed by atoms with van der Waals surface area (Å²) >= 11 is 1.25. The second kappa shape index (κ2) is 9.93. The van der Waals surface area contributed by atoms with Gasteiger partial charge in [-0.05, 0) is 30.7 Å². The van der Waals surface area contributed by atoms with E-state index in [9.17, 15) is 9.59 Å². The number of ether oxygens (including phenoxy) is 2. The van der Waals surface area contributed by atoms with Gasteiger partial charge in [0.1, 0.15) is 12.4 Å². The van der Waals surface area contributed by atoms with E-state index in [0.29, 0.717) is 22.2 Å². The highest BCUT2D eigenvalue weighted by Crippen LogP contribution is 2.21. The van der Waals surface area contributed by atoms with Gasteiger partial charge in [-0.2, -0.15) is 0 Å². The summed E-state index contributed by atoms with van der Waals surface area (Å²) in [7, 11) is 3.12. The Morgan fingerprint density at radius 1 is 1.10 bits per heavy atom. The van der Waals surface area contributed by atoms with E-state index in [1.807, 2.05) is 38.2 Å². The van der Waals surface area contributed by atoms with E-state index >= 15 is 0 Å². The summed E-state index contributed by atoms with van der Waals surface area (Å²) in [6.45, 7) is 2.25. The molecule has 8 nitrogen and oxygen atoms in total. The summed E-state index contributed by atoms with van der Waals surface area (Å²) in [4.78, 5) is 24.2. The Morgan fingerprint density at radius 3 is 2.60 bits per heavy atom. The molecule has 0 aliphatic carbocycles. The molecule has 1 N–H and O–H groups in total. The van der Waals surface area contributed by atoms with E-state index in [4.69, 9.17) is 9.47 Å². The molecule has 1 amide bonds. The Labute approximate surface area is 178 Å². The van der Waals surface area contributed by atoms with Crippen molar-refractivity contribution in [1.29, 1.82) is 0 Å². The quantitative estimate of drug-likeness (QED) is 0.436. The van der Waals surface area contributed by atoms with Crippen LogP contribution in [0.25, 0.3) is 0 Å². The van der Waals surface area contributed by atoms with Crippen LogP contribution in [0, 0.1) is 6.92 Å². The second-order valence-corrected chi connectivity index (χ2v) is 7.33. The van der Waals surface area contributed by atoms with Gasteiger partial charge in [-0.3, -0.25) is 4.79 Å². The van der Waals surface area contributed by atoms with Crippen LogP contribution in [0.2, 0.25) is 0 Å². The van der Waals surface area contributed by atoms with Crippen LogP contribution in [-0.2, 0) is 23.2 Å². The number of nitrogens with zero attached hydrogens (tertiary/aromatic N) is 3. The number of carbonyl (C=O) groups is 2. The zero-order chi connectivity index (χ0) is 21.5. The third-order valence-corrected chi connectivity index (χ3v) is 5.33. The number of thioether (sulfide) groups is 1. The Kier molecular flexibility index (Phi) is 7.08. The fourth-order valence-corrected chi connectivity index (χ4v) is 3.38. The molecular formula is C21H22N4O4S. The number of esters is 1. The molecule has 9 heteroatoms. The van der Waals surface area contributed by atoms with Gasteiger partial charge in [-0.25, -0.2) is 4.79 Å². The lowest BCUT2D eigenvalue weighted by Gasteiger charge is -2.10. The van der Waals surface area contributed by atoms with Crippen LogP contribution in [0.3, 0.4) is 0 Å². The summed E-state index contributed by atoms with van der Waals surface area (Å²) in [6.07, 6.45) is 0. The molecule has 0 bridgehead atoms. The topological polar surface area (TPSA) is 95.3 Å². The molecule has 0 atom stereocenters. The molecule has 3 aromatic rings. The number of nitrogens with one attached hydrogen (secondary N) is 1. The molecule has 0 saturated carbocycles. The van der Waals surface area contributed by atoms with Gasteiger partial charge in [0.05, 0.1) is 24.1 Å². The first-order valence-electron chi connectivity index (χ1n) is 9.16. The number of aromatic nitrogens is 3. The normalized spacial score (nSPS) is 10.5. The van der Waals surface area contributed by atoms with Crippen LogP contribution in [0.4, 0.5) is 5.69 Å². The summed E-state index contributed by atoms with van der Waals surface area (Å²) < 4.78 is 12.3. The average molecular weight is 426 g/mol. The maximum Gasteiger partial charge on any atom is 0.339 e. The summed E-state index contributed by atoms with van der Waals surface area (Å²) in [6, 6.07) is 14.4. The molecular weight excluding hydrogens is 404 g/mol. The van der Waals surface area contributed by atoms with Crippen molar-refractivity contribution in [3.8, 4) is 5.75 Å². The van der Waals surface area contributed by atoms with Gasteiger partial charge in [0.2, 0.25) is 5.91 Å². The van der Waals surface area contributed by atoms with Crippen LogP contribution in [0.15, 0.2) is 53.7 Å². The number of anilines is 1. The zero-order valence-electron chi connectivity index (χ0n) is 16.9. The fraction of sp³-hybridized carbons (Fsp3) is 0.238. The maximum atomic E-state index is 12.3. The van der Waals surface area contributed by atoms with Crippen LogP contribution in [0.5, 0.6) is 5.75 Å². The first-order chi connectivity index (χ1) is 14.5. The molecule has 1 aromatic heterocycles. The van der Waals surface area contributed by atoms with Gasteiger partial charge in [0, 0.05) is 7.05 Å². The van der Waals surface area contributed by atoms with Crippen molar-refractivity contribution in [1.82, 2.24) is 14.8 Å². The third-order valence-electron chi connectivity index (χ3n) is 4.31. The third kappa shape index (κ3) is 5.18. The van der Waals surface area contributed by atoms with Gasteiger partial charge in [0.25, 0.3) is 0 Å². The number of amides is 1. The molecule has 0 fully saturated rings. The first kappa shape index (κ1) is 21.4. The lowest BCUT2D eigenvalue weighted by atomic mass is 10.2. The molecule has 0 aliphatic rings. The summed E-state index contributed by atoms with van der Waals surface area (Å²) in [5, 5.41) is 11.6. The molecule has 3 rings (SSSR count). The molecule has 1 heterocycles. The lowest BCUT2D eigenvalue weighted by Crippen LogP contribution is -2.17. The minimum Gasteiger partial charge on any atom is -0.485 e. The molecule has 0 radical (unpaired) electrons.